The molecule has 2 amide bonds. The first kappa shape index (κ1) is 20.0. The monoisotopic (exact) mass is 354 g/mol. The fourth-order valence-electron chi connectivity index (χ4n) is 2.14. The van der Waals surface area contributed by atoms with E-state index in [1.165, 1.54) is 31.1 Å². The molecule has 0 heterocycles. The van der Waals surface area contributed by atoms with Crippen LogP contribution in [0.2, 0.25) is 5.02 Å². The molecule has 0 aromatic heterocycles. The molecule has 1 rings (SSSR count). The maximum atomic E-state index is 11.9. The van der Waals surface area contributed by atoms with Crippen LogP contribution in [-0.4, -0.2) is 38.0 Å². The zero-order valence-electron chi connectivity index (χ0n) is 14.2. The molecule has 0 aliphatic carbocycles. The van der Waals surface area contributed by atoms with Crippen molar-refractivity contribution in [2.75, 3.05) is 25.1 Å². The van der Waals surface area contributed by atoms with Gasteiger partial charge in [-0.2, -0.15) is 0 Å². The summed E-state index contributed by atoms with van der Waals surface area (Å²) in [6.45, 7) is 3.99. The summed E-state index contributed by atoms with van der Waals surface area (Å²) in [7, 11) is 1.28. The van der Waals surface area contributed by atoms with E-state index in [-0.39, 0.29) is 18.4 Å². The van der Waals surface area contributed by atoms with Crippen LogP contribution in [0.3, 0.4) is 0 Å². The van der Waals surface area contributed by atoms with Gasteiger partial charge in [0.15, 0.2) is 0 Å². The summed E-state index contributed by atoms with van der Waals surface area (Å²) in [6, 6.07) is 4.58. The Balaban J connectivity index is 2.83. The number of esters is 1. The highest BCUT2D eigenvalue weighted by atomic mass is 35.5. The Morgan fingerprint density at radius 3 is 2.58 bits per heavy atom. The molecule has 0 radical (unpaired) electrons. The fourth-order valence-corrected chi connectivity index (χ4v) is 2.36. The molecule has 0 atom stereocenters. The van der Waals surface area contributed by atoms with Crippen LogP contribution in [0.5, 0.6) is 0 Å². The Bertz CT molecular complexity index is 604. The maximum absolute atomic E-state index is 11.9. The van der Waals surface area contributed by atoms with Crippen molar-refractivity contribution in [2.45, 2.75) is 33.1 Å². The van der Waals surface area contributed by atoms with Crippen molar-refractivity contribution in [3.63, 3.8) is 0 Å². The summed E-state index contributed by atoms with van der Waals surface area (Å²) in [6.07, 6.45) is 2.24. The minimum absolute atomic E-state index is 0.0465. The number of carbonyl (C=O) groups is 3. The van der Waals surface area contributed by atoms with Crippen molar-refractivity contribution in [1.82, 2.24) is 5.32 Å². The molecule has 0 aliphatic heterocycles. The van der Waals surface area contributed by atoms with Gasteiger partial charge < -0.3 is 15.0 Å². The Morgan fingerprint density at radius 1 is 1.29 bits per heavy atom. The van der Waals surface area contributed by atoms with E-state index in [2.05, 4.69) is 10.1 Å². The van der Waals surface area contributed by atoms with Crippen LogP contribution in [0, 0.1) is 0 Å². The van der Waals surface area contributed by atoms with E-state index in [0.717, 1.165) is 12.8 Å². The number of rotatable bonds is 8. The number of unbranched alkanes of at least 4 members (excludes halogenated alkanes) is 1. The van der Waals surface area contributed by atoms with Gasteiger partial charge in [0.1, 0.15) is 0 Å². The van der Waals surface area contributed by atoms with E-state index in [1.807, 2.05) is 6.92 Å². The Morgan fingerprint density at radius 2 is 2.00 bits per heavy atom. The molecule has 0 saturated carbocycles. The van der Waals surface area contributed by atoms with Gasteiger partial charge in [-0.25, -0.2) is 4.79 Å². The predicted octanol–water partition coefficient (Wildman–Crippen LogP) is 2.79. The summed E-state index contributed by atoms with van der Waals surface area (Å²) in [5, 5.41) is 3.12. The van der Waals surface area contributed by atoms with Gasteiger partial charge >= 0.3 is 5.97 Å². The Hall–Kier alpha value is -2.08. The highest BCUT2D eigenvalue weighted by molar-refractivity contribution is 6.34. The molecule has 7 heteroatoms. The second-order valence-corrected chi connectivity index (χ2v) is 5.69. The number of halogens is 1. The van der Waals surface area contributed by atoms with Crippen molar-refractivity contribution >= 4 is 35.1 Å². The SMILES string of the molecule is CCCCC(=O)NCCN(C(C)=O)c1cc(C(=O)OC)ccc1Cl. The zero-order chi connectivity index (χ0) is 18.1. The average Bonchev–Trinajstić information content (AvgIpc) is 2.56. The first-order valence-corrected chi connectivity index (χ1v) is 8.21. The Kier molecular flexibility index (Phi) is 8.26. The van der Waals surface area contributed by atoms with Crippen molar-refractivity contribution in [3.05, 3.63) is 28.8 Å². The van der Waals surface area contributed by atoms with Gasteiger partial charge in [0.05, 0.1) is 23.4 Å². The smallest absolute Gasteiger partial charge is 0.337 e. The molecule has 0 spiro atoms. The zero-order valence-corrected chi connectivity index (χ0v) is 15.0. The van der Waals surface area contributed by atoms with Crippen LogP contribution in [0.15, 0.2) is 18.2 Å². The molecule has 132 valence electrons. The molecule has 24 heavy (non-hydrogen) atoms. The van der Waals surface area contributed by atoms with Crippen LogP contribution in [-0.2, 0) is 14.3 Å². The molecule has 0 aliphatic rings. The molecular formula is C17H23ClN2O4. The highest BCUT2D eigenvalue weighted by Crippen LogP contribution is 2.27. The van der Waals surface area contributed by atoms with Crippen LogP contribution in [0.4, 0.5) is 5.69 Å². The molecule has 0 bridgehead atoms. The highest BCUT2D eigenvalue weighted by Gasteiger charge is 2.17. The van der Waals surface area contributed by atoms with E-state index in [0.29, 0.717) is 29.2 Å². The minimum atomic E-state index is -0.510. The third kappa shape index (κ3) is 5.85. The number of nitrogens with one attached hydrogen (secondary N) is 1. The van der Waals surface area contributed by atoms with Gasteiger partial charge in [-0.05, 0) is 24.6 Å². The first-order chi connectivity index (χ1) is 11.4. The summed E-state index contributed by atoms with van der Waals surface area (Å²) in [5.74, 6) is -0.791. The summed E-state index contributed by atoms with van der Waals surface area (Å²) in [5.41, 5.74) is 0.713. The molecular weight excluding hydrogens is 332 g/mol. The second-order valence-electron chi connectivity index (χ2n) is 5.28. The van der Waals surface area contributed by atoms with E-state index in [1.54, 1.807) is 6.07 Å². The maximum Gasteiger partial charge on any atom is 0.337 e. The Labute approximate surface area is 147 Å². The van der Waals surface area contributed by atoms with E-state index >= 15 is 0 Å². The first-order valence-electron chi connectivity index (χ1n) is 7.83. The number of carbonyl (C=O) groups excluding carboxylic acids is 3. The van der Waals surface area contributed by atoms with E-state index in [9.17, 15) is 14.4 Å². The summed E-state index contributed by atoms with van der Waals surface area (Å²) in [4.78, 5) is 36.6. The molecule has 1 aromatic carbocycles. The van der Waals surface area contributed by atoms with Crippen LogP contribution >= 0.6 is 11.6 Å². The van der Waals surface area contributed by atoms with Gasteiger partial charge in [-0.1, -0.05) is 24.9 Å². The molecule has 0 fully saturated rings. The standard InChI is InChI=1S/C17H23ClN2O4/c1-4-5-6-16(22)19-9-10-20(12(2)21)15-11-13(17(23)24-3)7-8-14(15)18/h7-8,11H,4-6,9-10H2,1-3H3,(H,19,22). The number of hydrogen-bond acceptors (Lipinski definition) is 4. The third-order valence-electron chi connectivity index (χ3n) is 3.45. The predicted molar refractivity (Wildman–Crippen MR) is 93.4 cm³/mol. The van der Waals surface area contributed by atoms with Crippen molar-refractivity contribution < 1.29 is 19.1 Å². The number of hydrogen-bond donors (Lipinski definition) is 1. The largest absolute Gasteiger partial charge is 0.465 e. The van der Waals surface area contributed by atoms with Crippen molar-refractivity contribution in [3.8, 4) is 0 Å². The molecule has 0 unspecified atom stereocenters. The van der Waals surface area contributed by atoms with Crippen LogP contribution < -0.4 is 10.2 Å². The van der Waals surface area contributed by atoms with Gasteiger partial charge in [0, 0.05) is 26.4 Å². The lowest BCUT2D eigenvalue weighted by Crippen LogP contribution is -2.37. The van der Waals surface area contributed by atoms with Gasteiger partial charge in [-0.3, -0.25) is 9.59 Å². The summed E-state index contributed by atoms with van der Waals surface area (Å²) < 4.78 is 4.68. The summed E-state index contributed by atoms with van der Waals surface area (Å²) >= 11 is 6.16. The lowest BCUT2D eigenvalue weighted by Gasteiger charge is -2.23. The van der Waals surface area contributed by atoms with Crippen LogP contribution in [0.25, 0.3) is 0 Å². The third-order valence-corrected chi connectivity index (χ3v) is 3.77. The number of amides is 2. The second kappa shape index (κ2) is 9.93. The van der Waals surface area contributed by atoms with Crippen LogP contribution in [0.1, 0.15) is 43.5 Å². The number of nitrogens with zero attached hydrogens (tertiary/aromatic N) is 1. The van der Waals surface area contributed by atoms with Gasteiger partial charge in [-0.15, -0.1) is 0 Å². The average molecular weight is 355 g/mol. The lowest BCUT2D eigenvalue weighted by molar-refractivity contribution is -0.121. The topological polar surface area (TPSA) is 75.7 Å². The normalized spacial score (nSPS) is 10.2. The molecule has 6 nitrogen and oxygen atoms in total. The lowest BCUT2D eigenvalue weighted by atomic mass is 10.2. The number of ether oxygens (including phenoxy) is 1. The van der Waals surface area contributed by atoms with Crippen molar-refractivity contribution in [1.29, 1.82) is 0 Å². The van der Waals surface area contributed by atoms with E-state index in [4.69, 9.17) is 11.6 Å². The van der Waals surface area contributed by atoms with E-state index < -0.39 is 5.97 Å². The quantitative estimate of drug-likeness (QED) is 0.728. The van der Waals surface area contributed by atoms with Gasteiger partial charge in [0.25, 0.3) is 0 Å². The number of benzene rings is 1. The molecule has 1 N–H and O–H groups in total. The van der Waals surface area contributed by atoms with Gasteiger partial charge in [0.2, 0.25) is 11.8 Å². The molecule has 0 saturated heterocycles. The van der Waals surface area contributed by atoms with Crippen molar-refractivity contribution in [2.24, 2.45) is 0 Å². The fraction of sp³-hybridized carbons (Fsp3) is 0.471. The molecule has 1 aromatic rings. The number of methoxy groups -OCH3 is 1. The minimum Gasteiger partial charge on any atom is -0.465 e. The number of anilines is 1.